The molecule has 138 valence electrons. The van der Waals surface area contributed by atoms with E-state index in [0.29, 0.717) is 0 Å². The number of nitrogens with zero attached hydrogens (tertiary/aromatic N) is 5. The number of pyridine rings is 1. The molecule has 1 aliphatic heterocycles. The Morgan fingerprint density at radius 1 is 1.42 bits per heavy atom. The van der Waals surface area contributed by atoms with Gasteiger partial charge in [0.2, 0.25) is 0 Å². The van der Waals surface area contributed by atoms with E-state index in [1.807, 2.05) is 0 Å². The molecule has 0 radical (unpaired) electrons. The Balaban J connectivity index is 1.82. The van der Waals surface area contributed by atoms with Gasteiger partial charge in [0.15, 0.2) is 17.2 Å². The standard InChI is InChI=1S/C15H15F3N6O2/c1-19-13(25)11-7-23(22-21-11)6-9-5-15(17,18)8-24(9)14(26)12-10(16)3-2-4-20-12/h2-4,7,9H,5-6,8H2,1H3,(H,19,25). The molecule has 2 amide bonds. The lowest BCUT2D eigenvalue weighted by Crippen LogP contribution is -2.39. The Kier molecular flexibility index (Phi) is 4.62. The Hall–Kier alpha value is -2.98. The van der Waals surface area contributed by atoms with E-state index in [9.17, 15) is 22.8 Å². The van der Waals surface area contributed by atoms with Crippen LogP contribution >= 0.6 is 0 Å². The van der Waals surface area contributed by atoms with Crippen LogP contribution in [-0.4, -0.2) is 62.2 Å². The molecule has 0 bridgehead atoms. The van der Waals surface area contributed by atoms with Gasteiger partial charge in [0, 0.05) is 19.7 Å². The van der Waals surface area contributed by atoms with Crippen molar-refractivity contribution >= 4 is 11.8 Å². The van der Waals surface area contributed by atoms with Gasteiger partial charge in [0.1, 0.15) is 0 Å². The molecular formula is C15H15F3N6O2. The average Bonchev–Trinajstić information content (AvgIpc) is 3.18. The highest BCUT2D eigenvalue weighted by Gasteiger charge is 2.48. The summed E-state index contributed by atoms with van der Waals surface area (Å²) < 4.78 is 42.8. The summed E-state index contributed by atoms with van der Waals surface area (Å²) in [6, 6.07) is 1.40. The highest BCUT2D eigenvalue weighted by atomic mass is 19.3. The van der Waals surface area contributed by atoms with Crippen LogP contribution in [0, 0.1) is 5.82 Å². The number of likely N-dealkylation sites (tertiary alicyclic amines) is 1. The summed E-state index contributed by atoms with van der Waals surface area (Å²) in [7, 11) is 1.42. The maximum Gasteiger partial charge on any atom is 0.276 e. The van der Waals surface area contributed by atoms with Crippen LogP contribution in [0.15, 0.2) is 24.5 Å². The molecule has 11 heteroatoms. The number of nitrogens with one attached hydrogen (secondary N) is 1. The van der Waals surface area contributed by atoms with Crippen LogP contribution in [0.5, 0.6) is 0 Å². The summed E-state index contributed by atoms with van der Waals surface area (Å²) in [5.41, 5.74) is -0.495. The second-order valence-electron chi connectivity index (χ2n) is 5.89. The van der Waals surface area contributed by atoms with E-state index in [0.717, 1.165) is 11.0 Å². The second-order valence-corrected chi connectivity index (χ2v) is 5.89. The summed E-state index contributed by atoms with van der Waals surface area (Å²) in [6.07, 6.45) is 1.90. The first kappa shape index (κ1) is 17.8. The minimum absolute atomic E-state index is 0.0194. The van der Waals surface area contributed by atoms with Gasteiger partial charge in [-0.3, -0.25) is 9.59 Å². The molecule has 1 atom stereocenters. The first-order valence-electron chi connectivity index (χ1n) is 7.72. The minimum Gasteiger partial charge on any atom is -0.354 e. The van der Waals surface area contributed by atoms with Crippen molar-refractivity contribution in [2.24, 2.45) is 0 Å². The van der Waals surface area contributed by atoms with Gasteiger partial charge in [0.25, 0.3) is 17.7 Å². The van der Waals surface area contributed by atoms with Crippen LogP contribution in [0.3, 0.4) is 0 Å². The highest BCUT2D eigenvalue weighted by Crippen LogP contribution is 2.33. The zero-order chi connectivity index (χ0) is 18.9. The monoisotopic (exact) mass is 368 g/mol. The van der Waals surface area contributed by atoms with Crippen molar-refractivity contribution in [1.29, 1.82) is 0 Å². The van der Waals surface area contributed by atoms with Crippen molar-refractivity contribution in [3.8, 4) is 0 Å². The first-order chi connectivity index (χ1) is 12.3. The maximum absolute atomic E-state index is 13.9. The lowest BCUT2D eigenvalue weighted by atomic mass is 10.2. The number of alkyl halides is 2. The number of halogens is 3. The molecule has 2 aromatic heterocycles. The topological polar surface area (TPSA) is 93.0 Å². The van der Waals surface area contributed by atoms with E-state index >= 15 is 0 Å². The van der Waals surface area contributed by atoms with Gasteiger partial charge in [0.05, 0.1) is 25.3 Å². The molecular weight excluding hydrogens is 353 g/mol. The minimum atomic E-state index is -3.12. The zero-order valence-corrected chi connectivity index (χ0v) is 13.7. The predicted molar refractivity (Wildman–Crippen MR) is 82.0 cm³/mol. The average molecular weight is 368 g/mol. The van der Waals surface area contributed by atoms with Crippen molar-refractivity contribution < 1.29 is 22.8 Å². The number of hydrogen-bond acceptors (Lipinski definition) is 5. The number of carbonyl (C=O) groups is 2. The molecule has 1 N–H and O–H groups in total. The third-order valence-corrected chi connectivity index (χ3v) is 3.99. The van der Waals surface area contributed by atoms with E-state index < -0.39 is 48.3 Å². The van der Waals surface area contributed by atoms with Crippen molar-refractivity contribution in [3.05, 3.63) is 41.7 Å². The van der Waals surface area contributed by atoms with Gasteiger partial charge < -0.3 is 10.2 Å². The number of hydrogen-bond donors (Lipinski definition) is 1. The molecule has 1 saturated heterocycles. The summed E-state index contributed by atoms with van der Waals surface area (Å²) in [4.78, 5) is 28.5. The first-order valence-corrected chi connectivity index (χ1v) is 7.72. The van der Waals surface area contributed by atoms with Crippen molar-refractivity contribution in [3.63, 3.8) is 0 Å². The van der Waals surface area contributed by atoms with Crippen molar-refractivity contribution in [2.75, 3.05) is 13.6 Å². The molecule has 0 aromatic carbocycles. The molecule has 3 rings (SSSR count). The lowest BCUT2D eigenvalue weighted by Gasteiger charge is -2.23. The number of aromatic nitrogens is 4. The molecule has 2 aromatic rings. The molecule has 3 heterocycles. The molecule has 1 fully saturated rings. The molecule has 0 spiro atoms. The number of amides is 2. The van der Waals surface area contributed by atoms with Crippen LogP contribution < -0.4 is 5.32 Å². The third-order valence-electron chi connectivity index (χ3n) is 3.99. The van der Waals surface area contributed by atoms with E-state index in [4.69, 9.17) is 0 Å². The van der Waals surface area contributed by atoms with Gasteiger partial charge in [-0.1, -0.05) is 5.21 Å². The quantitative estimate of drug-likeness (QED) is 0.859. The second kappa shape index (κ2) is 6.73. The van der Waals surface area contributed by atoms with Crippen LogP contribution in [0.4, 0.5) is 13.2 Å². The van der Waals surface area contributed by atoms with Crippen molar-refractivity contribution in [2.45, 2.75) is 24.9 Å². The fourth-order valence-corrected chi connectivity index (χ4v) is 2.81. The van der Waals surface area contributed by atoms with Gasteiger partial charge in [-0.15, -0.1) is 5.10 Å². The highest BCUT2D eigenvalue weighted by molar-refractivity contribution is 5.93. The maximum atomic E-state index is 13.9. The Morgan fingerprint density at radius 3 is 2.88 bits per heavy atom. The van der Waals surface area contributed by atoms with Crippen LogP contribution in [-0.2, 0) is 6.54 Å². The Labute approximate surface area is 146 Å². The fourth-order valence-electron chi connectivity index (χ4n) is 2.81. The fraction of sp³-hybridized carbons (Fsp3) is 0.400. The number of carbonyl (C=O) groups excluding carboxylic acids is 2. The number of rotatable bonds is 4. The zero-order valence-electron chi connectivity index (χ0n) is 13.7. The molecule has 0 saturated carbocycles. The molecule has 26 heavy (non-hydrogen) atoms. The van der Waals surface area contributed by atoms with Crippen LogP contribution in [0.2, 0.25) is 0 Å². The van der Waals surface area contributed by atoms with E-state index in [1.54, 1.807) is 0 Å². The molecule has 0 aliphatic carbocycles. The Morgan fingerprint density at radius 2 is 2.19 bits per heavy atom. The van der Waals surface area contributed by atoms with Gasteiger partial charge in [-0.2, -0.15) is 0 Å². The third kappa shape index (κ3) is 3.51. The molecule has 8 nitrogen and oxygen atoms in total. The Bertz CT molecular complexity index is 840. The SMILES string of the molecule is CNC(=O)c1cn(CC2CC(F)(F)CN2C(=O)c2ncccc2F)nn1. The summed E-state index contributed by atoms with van der Waals surface area (Å²) >= 11 is 0. The largest absolute Gasteiger partial charge is 0.354 e. The summed E-state index contributed by atoms with van der Waals surface area (Å²) in [5.74, 6) is -5.39. The van der Waals surface area contributed by atoms with Crippen LogP contribution in [0.1, 0.15) is 27.4 Å². The van der Waals surface area contributed by atoms with E-state index in [-0.39, 0.29) is 12.2 Å². The lowest BCUT2D eigenvalue weighted by molar-refractivity contribution is 0.0116. The smallest absolute Gasteiger partial charge is 0.276 e. The van der Waals surface area contributed by atoms with Crippen molar-refractivity contribution in [1.82, 2.24) is 30.2 Å². The summed E-state index contributed by atoms with van der Waals surface area (Å²) in [5, 5.41) is 9.73. The van der Waals surface area contributed by atoms with Gasteiger partial charge >= 0.3 is 0 Å². The predicted octanol–water partition coefficient (Wildman–Crippen LogP) is 0.722. The summed E-state index contributed by atoms with van der Waals surface area (Å²) in [6.45, 7) is -0.955. The van der Waals surface area contributed by atoms with E-state index in [2.05, 4.69) is 20.6 Å². The molecule has 1 unspecified atom stereocenters. The van der Waals surface area contributed by atoms with Crippen LogP contribution in [0.25, 0.3) is 0 Å². The molecule has 1 aliphatic rings. The normalized spacial score (nSPS) is 18.8. The van der Waals surface area contributed by atoms with Gasteiger partial charge in [-0.25, -0.2) is 22.8 Å². The van der Waals surface area contributed by atoms with Gasteiger partial charge in [-0.05, 0) is 12.1 Å². The van der Waals surface area contributed by atoms with E-state index in [1.165, 1.54) is 30.2 Å².